The first-order valence-corrected chi connectivity index (χ1v) is 5.74. The normalized spacial score (nSPS) is 20.2. The van der Waals surface area contributed by atoms with Crippen LogP contribution in [0.2, 0.25) is 0 Å². The fourth-order valence-electron chi connectivity index (χ4n) is 1.86. The number of halogens is 1. The number of hydrogen-bond acceptors (Lipinski definition) is 4. The number of methoxy groups -OCH3 is 1. The first kappa shape index (κ1) is 16.2. The third-order valence-electron chi connectivity index (χ3n) is 2.81. The van der Waals surface area contributed by atoms with E-state index < -0.39 is 12.0 Å². The number of rotatable bonds is 5. The van der Waals surface area contributed by atoms with E-state index >= 15 is 0 Å². The van der Waals surface area contributed by atoms with Crippen molar-refractivity contribution in [3.8, 4) is 0 Å². The molecule has 0 aliphatic carbocycles. The van der Waals surface area contributed by atoms with Crippen molar-refractivity contribution in [1.82, 2.24) is 10.6 Å². The minimum Gasteiger partial charge on any atom is -0.467 e. The Labute approximate surface area is 108 Å². The summed E-state index contributed by atoms with van der Waals surface area (Å²) in [6, 6.07) is -0.103. The predicted octanol–water partition coefficient (Wildman–Crippen LogP) is 0.618. The van der Waals surface area contributed by atoms with E-state index in [1.54, 1.807) is 6.92 Å². The van der Waals surface area contributed by atoms with Gasteiger partial charge in [-0.3, -0.25) is 4.79 Å². The first-order chi connectivity index (χ1) is 7.63. The van der Waals surface area contributed by atoms with Crippen molar-refractivity contribution in [2.45, 2.75) is 44.7 Å². The molecule has 100 valence electrons. The minimum absolute atomic E-state index is 0. The number of ether oxygens (including phenoxy) is 1. The summed E-state index contributed by atoms with van der Waals surface area (Å²) in [6.07, 6.45) is 3.61. The Balaban J connectivity index is 0.00000256. The van der Waals surface area contributed by atoms with Crippen LogP contribution in [0, 0.1) is 0 Å². The van der Waals surface area contributed by atoms with Gasteiger partial charge in [0.25, 0.3) is 0 Å². The van der Waals surface area contributed by atoms with E-state index in [1.807, 2.05) is 0 Å². The lowest BCUT2D eigenvalue weighted by molar-refractivity contribution is -0.144. The smallest absolute Gasteiger partial charge is 0.328 e. The lowest BCUT2D eigenvalue weighted by Crippen LogP contribution is -2.39. The molecule has 0 spiro atoms. The molecule has 1 aliphatic heterocycles. The van der Waals surface area contributed by atoms with Crippen LogP contribution in [0.4, 0.5) is 0 Å². The standard InChI is InChI=1S/C11H20N2O3.ClH/c1-8(11(15)16-2)13-10(14)6-5-9-4-3-7-12-9;/h8-9,12H,3-7H2,1-2H3,(H,13,14);1H/t8-,9?;/m0./s1. The van der Waals surface area contributed by atoms with Crippen LogP contribution in [0.5, 0.6) is 0 Å². The van der Waals surface area contributed by atoms with E-state index in [2.05, 4.69) is 15.4 Å². The fraction of sp³-hybridized carbons (Fsp3) is 0.818. The fourth-order valence-corrected chi connectivity index (χ4v) is 1.86. The van der Waals surface area contributed by atoms with Crippen molar-refractivity contribution < 1.29 is 14.3 Å². The average molecular weight is 265 g/mol. The molecule has 1 rings (SSSR count). The Bertz CT molecular complexity index is 255. The van der Waals surface area contributed by atoms with Gasteiger partial charge >= 0.3 is 5.97 Å². The van der Waals surface area contributed by atoms with E-state index in [-0.39, 0.29) is 18.3 Å². The van der Waals surface area contributed by atoms with Gasteiger partial charge in [-0.2, -0.15) is 0 Å². The number of nitrogens with one attached hydrogen (secondary N) is 2. The Morgan fingerprint density at radius 3 is 2.76 bits per heavy atom. The van der Waals surface area contributed by atoms with Crippen molar-refractivity contribution in [2.75, 3.05) is 13.7 Å². The zero-order chi connectivity index (χ0) is 12.0. The molecule has 0 bridgehead atoms. The monoisotopic (exact) mass is 264 g/mol. The van der Waals surface area contributed by atoms with Crippen LogP contribution in [0.1, 0.15) is 32.6 Å². The molecule has 2 atom stereocenters. The number of carbonyl (C=O) groups excluding carboxylic acids is 2. The molecule has 5 nitrogen and oxygen atoms in total. The van der Waals surface area contributed by atoms with Crippen LogP contribution in [0.3, 0.4) is 0 Å². The van der Waals surface area contributed by atoms with Crippen molar-refractivity contribution >= 4 is 24.3 Å². The second-order valence-electron chi connectivity index (χ2n) is 4.14. The van der Waals surface area contributed by atoms with Crippen molar-refractivity contribution in [3.63, 3.8) is 0 Å². The van der Waals surface area contributed by atoms with Crippen LogP contribution in [0.15, 0.2) is 0 Å². The summed E-state index contributed by atoms with van der Waals surface area (Å²) in [5, 5.41) is 5.94. The highest BCUT2D eigenvalue weighted by Gasteiger charge is 2.18. The van der Waals surface area contributed by atoms with Gasteiger partial charge < -0.3 is 15.4 Å². The van der Waals surface area contributed by atoms with Gasteiger partial charge in [-0.15, -0.1) is 12.4 Å². The molecule has 6 heteroatoms. The van der Waals surface area contributed by atoms with Gasteiger partial charge in [-0.05, 0) is 32.7 Å². The van der Waals surface area contributed by atoms with Crippen molar-refractivity contribution in [1.29, 1.82) is 0 Å². The number of amides is 1. The molecule has 0 aromatic heterocycles. The highest BCUT2D eigenvalue weighted by molar-refractivity contribution is 5.85. The molecule has 0 aromatic carbocycles. The second kappa shape index (κ2) is 8.31. The molecule has 1 saturated heterocycles. The van der Waals surface area contributed by atoms with Crippen molar-refractivity contribution in [2.24, 2.45) is 0 Å². The Kier molecular flexibility index (Phi) is 7.91. The Morgan fingerprint density at radius 1 is 1.53 bits per heavy atom. The molecule has 1 fully saturated rings. The van der Waals surface area contributed by atoms with E-state index in [0.717, 1.165) is 19.4 Å². The van der Waals surface area contributed by atoms with Crippen LogP contribution in [-0.4, -0.2) is 37.6 Å². The lowest BCUT2D eigenvalue weighted by atomic mass is 10.1. The quantitative estimate of drug-likeness (QED) is 0.715. The maximum absolute atomic E-state index is 11.5. The van der Waals surface area contributed by atoms with Gasteiger partial charge in [0.1, 0.15) is 6.04 Å². The third-order valence-corrected chi connectivity index (χ3v) is 2.81. The summed E-state index contributed by atoms with van der Waals surface area (Å²) in [5.74, 6) is -0.501. The van der Waals surface area contributed by atoms with Crippen molar-refractivity contribution in [3.05, 3.63) is 0 Å². The molecular weight excluding hydrogens is 244 g/mol. The molecular formula is C11H21ClN2O3. The van der Waals surface area contributed by atoms with Crippen LogP contribution >= 0.6 is 12.4 Å². The Hall–Kier alpha value is -0.810. The molecule has 2 N–H and O–H groups in total. The third kappa shape index (κ3) is 5.89. The van der Waals surface area contributed by atoms with Crippen LogP contribution in [-0.2, 0) is 14.3 Å². The SMILES string of the molecule is COC(=O)[C@H](C)NC(=O)CCC1CCCN1.Cl. The zero-order valence-electron chi connectivity index (χ0n) is 10.3. The van der Waals surface area contributed by atoms with Gasteiger partial charge in [-0.25, -0.2) is 4.79 Å². The zero-order valence-corrected chi connectivity index (χ0v) is 11.1. The second-order valence-corrected chi connectivity index (χ2v) is 4.14. The number of hydrogen-bond donors (Lipinski definition) is 2. The number of esters is 1. The van der Waals surface area contributed by atoms with Gasteiger partial charge in [-0.1, -0.05) is 0 Å². The van der Waals surface area contributed by atoms with Gasteiger partial charge in [0, 0.05) is 12.5 Å². The van der Waals surface area contributed by atoms with Gasteiger partial charge in [0.15, 0.2) is 0 Å². The molecule has 17 heavy (non-hydrogen) atoms. The van der Waals surface area contributed by atoms with E-state index in [0.29, 0.717) is 12.5 Å². The molecule has 0 saturated carbocycles. The summed E-state index contributed by atoms with van der Waals surface area (Å²) in [5.41, 5.74) is 0. The van der Waals surface area contributed by atoms with Gasteiger partial charge in [0.2, 0.25) is 5.91 Å². The highest BCUT2D eigenvalue weighted by Crippen LogP contribution is 2.10. The highest BCUT2D eigenvalue weighted by atomic mass is 35.5. The topological polar surface area (TPSA) is 67.4 Å². The molecule has 1 heterocycles. The van der Waals surface area contributed by atoms with Crippen LogP contribution in [0.25, 0.3) is 0 Å². The summed E-state index contributed by atoms with van der Waals surface area (Å²) in [7, 11) is 1.31. The summed E-state index contributed by atoms with van der Waals surface area (Å²) >= 11 is 0. The minimum atomic E-state index is -0.561. The maximum atomic E-state index is 11.5. The molecule has 1 aliphatic rings. The maximum Gasteiger partial charge on any atom is 0.328 e. The number of carbonyl (C=O) groups is 2. The largest absolute Gasteiger partial charge is 0.467 e. The molecule has 0 radical (unpaired) electrons. The van der Waals surface area contributed by atoms with Gasteiger partial charge in [0.05, 0.1) is 7.11 Å². The van der Waals surface area contributed by atoms with E-state index in [9.17, 15) is 9.59 Å². The molecule has 0 aromatic rings. The summed E-state index contributed by atoms with van der Waals surface area (Å²) in [4.78, 5) is 22.5. The molecule has 1 unspecified atom stereocenters. The average Bonchev–Trinajstić information content (AvgIpc) is 2.78. The summed E-state index contributed by atoms with van der Waals surface area (Å²) < 4.78 is 4.52. The first-order valence-electron chi connectivity index (χ1n) is 5.74. The summed E-state index contributed by atoms with van der Waals surface area (Å²) in [6.45, 7) is 2.67. The van der Waals surface area contributed by atoms with E-state index in [1.165, 1.54) is 13.5 Å². The predicted molar refractivity (Wildman–Crippen MR) is 67.1 cm³/mol. The molecule has 1 amide bonds. The van der Waals surface area contributed by atoms with Crippen LogP contribution < -0.4 is 10.6 Å². The Morgan fingerprint density at radius 2 is 2.24 bits per heavy atom. The van der Waals surface area contributed by atoms with E-state index in [4.69, 9.17) is 0 Å². The lowest BCUT2D eigenvalue weighted by Gasteiger charge is -2.13.